The molecule has 0 heterocycles. The van der Waals surface area contributed by atoms with Gasteiger partial charge in [-0.1, -0.05) is 99.6 Å². The number of rotatable bonds is 4. The van der Waals surface area contributed by atoms with Gasteiger partial charge in [0.2, 0.25) is 0 Å². The zero-order valence-electron chi connectivity index (χ0n) is 17.3. The molecule has 0 spiro atoms. The summed E-state index contributed by atoms with van der Waals surface area (Å²) in [6, 6.07) is 36.6. The van der Waals surface area contributed by atoms with Gasteiger partial charge in [0.25, 0.3) is 0 Å². The van der Waals surface area contributed by atoms with Crippen molar-refractivity contribution in [3.63, 3.8) is 0 Å². The molecule has 0 radical (unpaired) electrons. The summed E-state index contributed by atoms with van der Waals surface area (Å²) in [6.07, 6.45) is 0. The molecule has 1 nitrogen and oxygen atoms in total. The molecule has 1 heteroatoms. The average molecular weight is 378 g/mol. The number of hydrogen-bond acceptors (Lipinski definition) is 1. The molecule has 4 aromatic carbocycles. The molecule has 0 amide bonds. The highest BCUT2D eigenvalue weighted by Gasteiger charge is 2.12. The summed E-state index contributed by atoms with van der Waals surface area (Å²) < 4.78 is 0. The predicted octanol–water partition coefficient (Wildman–Crippen LogP) is 8.06. The highest BCUT2D eigenvalue weighted by atomic mass is 14.9. The Kier molecular flexibility index (Phi) is 5.22. The van der Waals surface area contributed by atoms with Crippen molar-refractivity contribution in [2.24, 2.45) is 0 Å². The zero-order valence-corrected chi connectivity index (χ0v) is 17.3. The lowest BCUT2D eigenvalue weighted by Gasteiger charge is -2.19. The zero-order chi connectivity index (χ0) is 20.3. The van der Waals surface area contributed by atoms with Crippen molar-refractivity contribution in [3.05, 3.63) is 109 Å². The molecule has 0 fully saturated rings. The molecule has 29 heavy (non-hydrogen) atoms. The largest absolute Gasteiger partial charge is 0.356 e. The summed E-state index contributed by atoms with van der Waals surface area (Å²) in [5, 5.41) is 3.49. The van der Waals surface area contributed by atoms with Gasteiger partial charge in [-0.05, 0) is 57.5 Å². The van der Waals surface area contributed by atoms with Crippen molar-refractivity contribution in [1.82, 2.24) is 0 Å². The van der Waals surface area contributed by atoms with E-state index in [1.165, 1.54) is 27.8 Å². The van der Waals surface area contributed by atoms with Crippen molar-refractivity contribution in [1.29, 1.82) is 0 Å². The molecule has 4 aromatic rings. The first-order chi connectivity index (χ1) is 14.0. The van der Waals surface area contributed by atoms with Gasteiger partial charge in [-0.25, -0.2) is 0 Å². The topological polar surface area (TPSA) is 12.0 Å². The molecule has 144 valence electrons. The molecule has 0 aromatic heterocycles. The molecule has 0 aliphatic heterocycles. The third-order valence-electron chi connectivity index (χ3n) is 5.25. The Morgan fingerprint density at radius 1 is 0.448 bits per heavy atom. The molecule has 0 bridgehead atoms. The van der Waals surface area contributed by atoms with Crippen molar-refractivity contribution < 1.29 is 0 Å². The Bertz CT molecular complexity index is 1050. The number of hydrogen-bond donors (Lipinski definition) is 1. The van der Waals surface area contributed by atoms with Gasteiger partial charge in [0.05, 0.1) is 0 Å². The third-order valence-corrected chi connectivity index (χ3v) is 5.25. The van der Waals surface area contributed by atoms with Crippen LogP contribution in [0.1, 0.15) is 26.3 Å². The molecular formula is C28H27N. The average Bonchev–Trinajstić information content (AvgIpc) is 2.75. The van der Waals surface area contributed by atoms with Crippen LogP contribution in [0.2, 0.25) is 0 Å². The molecule has 0 aliphatic rings. The fraction of sp³-hybridized carbons (Fsp3) is 0.143. The standard InChI is InChI=1S/C28H27N/c1-28(2,3)25-15-19-27(20-16-25)29-26-17-13-24(14-18-26)23-11-9-22(10-12-23)21-7-5-4-6-8-21/h4-20,29H,1-3H3. The van der Waals surface area contributed by atoms with Crippen LogP contribution in [-0.4, -0.2) is 0 Å². The summed E-state index contributed by atoms with van der Waals surface area (Å²) in [5.41, 5.74) is 8.66. The Morgan fingerprint density at radius 2 is 0.828 bits per heavy atom. The maximum Gasteiger partial charge on any atom is 0.0384 e. The molecule has 4 rings (SSSR count). The van der Waals surface area contributed by atoms with Gasteiger partial charge < -0.3 is 5.32 Å². The predicted molar refractivity (Wildman–Crippen MR) is 126 cm³/mol. The van der Waals surface area contributed by atoms with E-state index in [1.807, 2.05) is 6.07 Å². The summed E-state index contributed by atoms with van der Waals surface area (Å²) in [4.78, 5) is 0. The fourth-order valence-corrected chi connectivity index (χ4v) is 3.45. The lowest BCUT2D eigenvalue weighted by Crippen LogP contribution is -2.10. The second-order valence-corrected chi connectivity index (χ2v) is 8.47. The van der Waals surface area contributed by atoms with Crippen LogP contribution in [0.15, 0.2) is 103 Å². The molecule has 1 N–H and O–H groups in total. The van der Waals surface area contributed by atoms with Crippen LogP contribution < -0.4 is 5.32 Å². The molecular weight excluding hydrogens is 350 g/mol. The van der Waals surface area contributed by atoms with Gasteiger partial charge >= 0.3 is 0 Å². The monoisotopic (exact) mass is 377 g/mol. The van der Waals surface area contributed by atoms with Gasteiger partial charge in [0, 0.05) is 11.4 Å². The fourth-order valence-electron chi connectivity index (χ4n) is 3.45. The van der Waals surface area contributed by atoms with Crippen LogP contribution in [0.25, 0.3) is 22.3 Å². The quantitative estimate of drug-likeness (QED) is 0.379. The van der Waals surface area contributed by atoms with Gasteiger partial charge in [0.1, 0.15) is 0 Å². The van der Waals surface area contributed by atoms with Crippen molar-refractivity contribution in [3.8, 4) is 22.3 Å². The normalized spacial score (nSPS) is 11.3. The lowest BCUT2D eigenvalue weighted by molar-refractivity contribution is 0.590. The number of anilines is 2. The van der Waals surface area contributed by atoms with E-state index in [2.05, 4.69) is 123 Å². The van der Waals surface area contributed by atoms with Crippen molar-refractivity contribution in [2.45, 2.75) is 26.2 Å². The van der Waals surface area contributed by atoms with Gasteiger partial charge in [-0.2, -0.15) is 0 Å². The van der Waals surface area contributed by atoms with Crippen LogP contribution in [0, 0.1) is 0 Å². The van der Waals surface area contributed by atoms with E-state index in [1.54, 1.807) is 0 Å². The maximum atomic E-state index is 3.49. The minimum Gasteiger partial charge on any atom is -0.356 e. The van der Waals surface area contributed by atoms with Crippen molar-refractivity contribution >= 4 is 11.4 Å². The third kappa shape index (κ3) is 4.57. The van der Waals surface area contributed by atoms with E-state index in [4.69, 9.17) is 0 Å². The van der Waals surface area contributed by atoms with E-state index >= 15 is 0 Å². The molecule has 0 aliphatic carbocycles. The van der Waals surface area contributed by atoms with E-state index in [0.29, 0.717) is 0 Å². The summed E-state index contributed by atoms with van der Waals surface area (Å²) in [5.74, 6) is 0. The minimum atomic E-state index is 0.177. The molecule has 0 saturated carbocycles. The van der Waals surface area contributed by atoms with Gasteiger partial charge in [0.15, 0.2) is 0 Å². The first-order valence-electron chi connectivity index (χ1n) is 10.1. The van der Waals surface area contributed by atoms with Gasteiger partial charge in [-0.15, -0.1) is 0 Å². The molecule has 0 saturated heterocycles. The Labute approximate surface area is 174 Å². The lowest BCUT2D eigenvalue weighted by atomic mass is 9.87. The van der Waals surface area contributed by atoms with E-state index in [9.17, 15) is 0 Å². The second-order valence-electron chi connectivity index (χ2n) is 8.47. The van der Waals surface area contributed by atoms with Crippen LogP contribution in [0.5, 0.6) is 0 Å². The number of nitrogens with one attached hydrogen (secondary N) is 1. The minimum absolute atomic E-state index is 0.177. The smallest absolute Gasteiger partial charge is 0.0384 e. The van der Waals surface area contributed by atoms with Crippen molar-refractivity contribution in [2.75, 3.05) is 5.32 Å². The number of benzene rings is 4. The van der Waals surface area contributed by atoms with E-state index < -0.39 is 0 Å². The Hall–Kier alpha value is -3.32. The highest BCUT2D eigenvalue weighted by Crippen LogP contribution is 2.28. The Morgan fingerprint density at radius 3 is 1.28 bits per heavy atom. The molecule has 0 unspecified atom stereocenters. The summed E-state index contributed by atoms with van der Waals surface area (Å²) in [6.45, 7) is 6.71. The first kappa shape index (κ1) is 19.0. The van der Waals surface area contributed by atoms with Crippen LogP contribution >= 0.6 is 0 Å². The van der Waals surface area contributed by atoms with E-state index in [-0.39, 0.29) is 5.41 Å². The van der Waals surface area contributed by atoms with Crippen LogP contribution in [-0.2, 0) is 5.41 Å². The van der Waals surface area contributed by atoms with E-state index in [0.717, 1.165) is 11.4 Å². The SMILES string of the molecule is CC(C)(C)c1ccc(Nc2ccc(-c3ccc(-c4ccccc4)cc3)cc2)cc1. The summed E-state index contributed by atoms with van der Waals surface area (Å²) >= 11 is 0. The highest BCUT2D eigenvalue weighted by molar-refractivity contribution is 5.72. The van der Waals surface area contributed by atoms with Crippen LogP contribution in [0.4, 0.5) is 11.4 Å². The first-order valence-corrected chi connectivity index (χ1v) is 10.1. The maximum absolute atomic E-state index is 3.49. The van der Waals surface area contributed by atoms with Gasteiger partial charge in [-0.3, -0.25) is 0 Å². The van der Waals surface area contributed by atoms with Crippen LogP contribution in [0.3, 0.4) is 0 Å². The Balaban J connectivity index is 1.46. The second kappa shape index (κ2) is 7.97. The molecule has 0 atom stereocenters. The summed E-state index contributed by atoms with van der Waals surface area (Å²) in [7, 11) is 0.